The smallest absolute Gasteiger partial charge is 0.373 e. The lowest BCUT2D eigenvalue weighted by Crippen LogP contribution is -2.34. The zero-order valence-electron chi connectivity index (χ0n) is 15.3. The topological polar surface area (TPSA) is 54.9 Å². The summed E-state index contributed by atoms with van der Waals surface area (Å²) in [7, 11) is 1.64. The van der Waals surface area contributed by atoms with Crippen LogP contribution in [-0.2, 0) is 12.3 Å². The minimum Gasteiger partial charge on any atom is -0.373 e. The highest BCUT2D eigenvalue weighted by Crippen LogP contribution is 2.44. The summed E-state index contributed by atoms with van der Waals surface area (Å²) in [6.45, 7) is 3.49. The van der Waals surface area contributed by atoms with Crippen molar-refractivity contribution in [3.63, 3.8) is 0 Å². The second-order valence-corrected chi connectivity index (χ2v) is 7.25. The number of thioether (sulfide) groups is 1. The van der Waals surface area contributed by atoms with Crippen LogP contribution in [0.3, 0.4) is 0 Å². The number of anilines is 1. The number of carbonyl (C=O) groups is 1. The molecule has 152 valence electrons. The van der Waals surface area contributed by atoms with E-state index >= 15 is 0 Å². The number of carbonyl (C=O) groups excluding carboxylic acids is 1. The number of halogens is 5. The molecule has 0 aliphatic heterocycles. The number of aryl methyl sites for hydroxylation is 1. The van der Waals surface area contributed by atoms with Crippen LogP contribution in [0.25, 0.3) is 0 Å². The van der Waals surface area contributed by atoms with E-state index in [1.54, 1.807) is 33.2 Å². The van der Waals surface area contributed by atoms with E-state index in [1.165, 1.54) is 0 Å². The van der Waals surface area contributed by atoms with Gasteiger partial charge in [0.1, 0.15) is 11.5 Å². The molecule has 0 aliphatic rings. The van der Waals surface area contributed by atoms with E-state index in [0.29, 0.717) is 29.4 Å². The number of aromatic nitrogens is 2. The Bertz CT molecular complexity index is 871. The molecular weight excluding hydrogens is 401 g/mol. The van der Waals surface area contributed by atoms with Crippen molar-refractivity contribution in [2.75, 3.05) is 18.1 Å². The summed E-state index contributed by atoms with van der Waals surface area (Å²) in [5, 5.41) is 2.85. The fourth-order valence-corrected chi connectivity index (χ4v) is 3.33. The van der Waals surface area contributed by atoms with Crippen LogP contribution in [-0.4, -0.2) is 34.7 Å². The molecule has 0 unspecified atom stereocenters. The van der Waals surface area contributed by atoms with Gasteiger partial charge in [-0.1, -0.05) is 13.0 Å². The summed E-state index contributed by atoms with van der Waals surface area (Å²) in [6.07, 6.45) is -3.84. The molecule has 2 heterocycles. The molecule has 2 aromatic heterocycles. The standard InChI is InChI=1S/C18H18F5N3OS/c1-4-28-14-7-12(17(19,20)18(21,22)23)9-25-15(14)13(27)6-11-5-10(2)8-26-16(11)24-3/h5,7-9H,4,6H2,1-3H3,(H,24,26). The maximum atomic E-state index is 13.6. The number of hydrogen-bond donors (Lipinski definition) is 1. The summed E-state index contributed by atoms with van der Waals surface area (Å²) in [5.74, 6) is -4.70. The van der Waals surface area contributed by atoms with Crippen LogP contribution in [0.5, 0.6) is 0 Å². The molecule has 0 aromatic carbocycles. The molecule has 0 radical (unpaired) electrons. The Morgan fingerprint density at radius 1 is 1.14 bits per heavy atom. The minimum atomic E-state index is -5.75. The fourth-order valence-electron chi connectivity index (χ4n) is 2.50. The van der Waals surface area contributed by atoms with Crippen LogP contribution in [0.4, 0.5) is 27.8 Å². The third-order valence-electron chi connectivity index (χ3n) is 3.83. The van der Waals surface area contributed by atoms with Gasteiger partial charge < -0.3 is 5.32 Å². The molecule has 0 saturated heterocycles. The van der Waals surface area contributed by atoms with Gasteiger partial charge in [0.2, 0.25) is 0 Å². The molecule has 4 nitrogen and oxygen atoms in total. The van der Waals surface area contributed by atoms with Gasteiger partial charge in [-0.25, -0.2) is 4.98 Å². The zero-order valence-corrected chi connectivity index (χ0v) is 16.1. The molecule has 0 spiro atoms. The van der Waals surface area contributed by atoms with E-state index < -0.39 is 23.4 Å². The molecule has 0 atom stereocenters. The first-order valence-corrected chi connectivity index (χ1v) is 9.24. The van der Waals surface area contributed by atoms with Crippen LogP contribution in [0, 0.1) is 6.92 Å². The third kappa shape index (κ3) is 4.60. The van der Waals surface area contributed by atoms with Crippen LogP contribution in [0.15, 0.2) is 29.4 Å². The van der Waals surface area contributed by atoms with Gasteiger partial charge in [-0.3, -0.25) is 9.78 Å². The number of rotatable bonds is 7. The van der Waals surface area contributed by atoms with Gasteiger partial charge in [0.05, 0.1) is 0 Å². The van der Waals surface area contributed by atoms with E-state index in [4.69, 9.17) is 0 Å². The van der Waals surface area contributed by atoms with Crippen molar-refractivity contribution in [3.8, 4) is 0 Å². The molecule has 10 heteroatoms. The maximum absolute atomic E-state index is 13.6. The molecule has 0 fully saturated rings. The van der Waals surface area contributed by atoms with Crippen LogP contribution >= 0.6 is 11.8 Å². The largest absolute Gasteiger partial charge is 0.458 e. The average Bonchev–Trinajstić information content (AvgIpc) is 2.61. The van der Waals surface area contributed by atoms with E-state index in [2.05, 4.69) is 15.3 Å². The van der Waals surface area contributed by atoms with Gasteiger partial charge in [0, 0.05) is 41.9 Å². The van der Waals surface area contributed by atoms with Gasteiger partial charge in [-0.05, 0) is 24.3 Å². The predicted molar refractivity (Wildman–Crippen MR) is 97.1 cm³/mol. The quantitative estimate of drug-likeness (QED) is 0.388. The van der Waals surface area contributed by atoms with E-state index in [0.717, 1.165) is 17.3 Å². The van der Waals surface area contributed by atoms with Crippen molar-refractivity contribution >= 4 is 23.4 Å². The highest BCUT2D eigenvalue weighted by Gasteiger charge is 2.59. The van der Waals surface area contributed by atoms with Crippen molar-refractivity contribution in [2.45, 2.75) is 37.3 Å². The zero-order chi connectivity index (χ0) is 21.1. The Balaban J connectivity index is 2.42. The lowest BCUT2D eigenvalue weighted by molar-refractivity contribution is -0.289. The number of nitrogens with one attached hydrogen (secondary N) is 1. The van der Waals surface area contributed by atoms with Gasteiger partial charge in [0.25, 0.3) is 0 Å². The molecule has 28 heavy (non-hydrogen) atoms. The monoisotopic (exact) mass is 419 g/mol. The summed E-state index contributed by atoms with van der Waals surface area (Å²) >= 11 is 0.980. The second kappa shape index (κ2) is 8.42. The lowest BCUT2D eigenvalue weighted by Gasteiger charge is -2.20. The minimum absolute atomic E-state index is 0.0134. The van der Waals surface area contributed by atoms with Crippen LogP contribution in [0.2, 0.25) is 0 Å². The summed E-state index contributed by atoms with van der Waals surface area (Å²) in [4.78, 5) is 20.5. The number of alkyl halides is 5. The van der Waals surface area contributed by atoms with Crippen molar-refractivity contribution in [3.05, 3.63) is 46.9 Å². The number of nitrogens with zero attached hydrogens (tertiary/aromatic N) is 2. The SMILES string of the molecule is CCSc1cc(C(F)(F)C(F)(F)F)cnc1C(=O)Cc1cc(C)cnc1NC. The maximum Gasteiger partial charge on any atom is 0.458 e. The first kappa shape index (κ1) is 22.1. The Labute approximate surface area is 163 Å². The summed E-state index contributed by atoms with van der Waals surface area (Å²) in [6, 6.07) is 2.44. The highest BCUT2D eigenvalue weighted by molar-refractivity contribution is 7.99. The highest BCUT2D eigenvalue weighted by atomic mass is 32.2. The molecule has 2 rings (SSSR count). The molecule has 2 aromatic rings. The van der Waals surface area contributed by atoms with Crippen molar-refractivity contribution in [1.82, 2.24) is 9.97 Å². The van der Waals surface area contributed by atoms with Crippen molar-refractivity contribution < 1.29 is 26.7 Å². The molecule has 0 amide bonds. The van der Waals surface area contributed by atoms with Crippen molar-refractivity contribution in [2.24, 2.45) is 0 Å². The van der Waals surface area contributed by atoms with Crippen LogP contribution in [0.1, 0.15) is 34.1 Å². The molecule has 0 aliphatic carbocycles. The summed E-state index contributed by atoms with van der Waals surface area (Å²) in [5.41, 5.74) is -0.0395. The normalized spacial score (nSPS) is 12.1. The van der Waals surface area contributed by atoms with Crippen molar-refractivity contribution in [1.29, 1.82) is 0 Å². The first-order valence-electron chi connectivity index (χ1n) is 8.25. The number of hydrogen-bond acceptors (Lipinski definition) is 5. The lowest BCUT2D eigenvalue weighted by atomic mass is 10.0. The molecule has 0 bridgehead atoms. The molecule has 1 N–H and O–H groups in total. The second-order valence-electron chi connectivity index (χ2n) is 5.95. The Kier molecular flexibility index (Phi) is 6.63. The number of pyridine rings is 2. The fraction of sp³-hybridized carbons (Fsp3) is 0.389. The molecule has 0 saturated carbocycles. The van der Waals surface area contributed by atoms with Gasteiger partial charge >= 0.3 is 12.1 Å². The summed E-state index contributed by atoms with van der Waals surface area (Å²) < 4.78 is 65.2. The van der Waals surface area contributed by atoms with Gasteiger partial charge in [-0.15, -0.1) is 11.8 Å². The van der Waals surface area contributed by atoms with Gasteiger partial charge in [0.15, 0.2) is 5.78 Å². The van der Waals surface area contributed by atoms with E-state index in [-0.39, 0.29) is 17.0 Å². The first-order chi connectivity index (χ1) is 13.0. The average molecular weight is 419 g/mol. The Morgan fingerprint density at radius 2 is 1.82 bits per heavy atom. The Morgan fingerprint density at radius 3 is 2.39 bits per heavy atom. The predicted octanol–water partition coefficient (Wildman–Crippen LogP) is 5.02. The Hall–Kier alpha value is -2.23. The van der Waals surface area contributed by atoms with Crippen LogP contribution < -0.4 is 5.32 Å². The molecular formula is C18H18F5N3OS. The van der Waals surface area contributed by atoms with E-state index in [1.807, 2.05) is 0 Å². The van der Waals surface area contributed by atoms with Gasteiger partial charge in [-0.2, -0.15) is 22.0 Å². The van der Waals surface area contributed by atoms with E-state index in [9.17, 15) is 26.7 Å². The third-order valence-corrected chi connectivity index (χ3v) is 4.74. The number of Topliss-reactive ketones (excluding diaryl/α,β-unsaturated/α-hetero) is 1. The number of ketones is 1.